The summed E-state index contributed by atoms with van der Waals surface area (Å²) in [5.41, 5.74) is 0.871. The van der Waals surface area contributed by atoms with Crippen molar-refractivity contribution in [2.24, 2.45) is 0 Å². The Balaban J connectivity index is 2.03. The van der Waals surface area contributed by atoms with E-state index < -0.39 is 0 Å². The largest absolute Gasteiger partial charge is 0.508 e. The highest BCUT2D eigenvalue weighted by Crippen LogP contribution is 2.24. The summed E-state index contributed by atoms with van der Waals surface area (Å²) in [4.78, 5) is 0. The molecule has 3 heteroatoms. The maximum atomic E-state index is 9.59. The molecule has 3 N–H and O–H groups in total. The Kier molecular flexibility index (Phi) is 2.59. The second kappa shape index (κ2) is 3.88. The monoisotopic (exact) mass is 193 g/mol. The van der Waals surface area contributed by atoms with E-state index in [1.54, 1.807) is 18.2 Å². The van der Waals surface area contributed by atoms with Crippen LogP contribution in [0.3, 0.4) is 0 Å². The van der Waals surface area contributed by atoms with Crippen LogP contribution in [0.2, 0.25) is 0 Å². The number of phenolic OH excluding ortho intramolecular Hbond substituents is 1. The first kappa shape index (κ1) is 9.34. The number of rotatable bonds is 2. The summed E-state index contributed by atoms with van der Waals surface area (Å²) in [6.07, 6.45) is 2.68. The summed E-state index contributed by atoms with van der Waals surface area (Å²) in [5, 5.41) is 22.1. The van der Waals surface area contributed by atoms with Crippen LogP contribution in [0, 0.1) is 0 Å². The van der Waals surface area contributed by atoms with Crippen LogP contribution < -0.4 is 5.32 Å². The molecule has 0 spiro atoms. The van der Waals surface area contributed by atoms with E-state index in [4.69, 9.17) is 0 Å². The van der Waals surface area contributed by atoms with Gasteiger partial charge in [-0.25, -0.2) is 0 Å². The lowest BCUT2D eigenvalue weighted by atomic mass is 10.2. The Labute approximate surface area is 83.4 Å². The highest BCUT2D eigenvalue weighted by molar-refractivity contribution is 5.48. The standard InChI is InChI=1S/C11H15NO2/c13-9-4-1-3-8(7-9)12-10-5-2-6-11(10)14/h1,3-4,7,10-14H,2,5-6H2/t10-,11-/m1/s1. The van der Waals surface area contributed by atoms with Crippen LogP contribution in [-0.4, -0.2) is 22.4 Å². The highest BCUT2D eigenvalue weighted by atomic mass is 16.3. The zero-order valence-electron chi connectivity index (χ0n) is 7.98. The molecule has 1 aromatic carbocycles. The number of aromatic hydroxyl groups is 1. The Morgan fingerprint density at radius 2 is 2.14 bits per heavy atom. The number of hydrogen-bond donors (Lipinski definition) is 3. The van der Waals surface area contributed by atoms with Crippen molar-refractivity contribution in [3.8, 4) is 5.75 Å². The minimum atomic E-state index is -0.252. The third-order valence-corrected chi connectivity index (χ3v) is 2.68. The number of hydrogen-bond acceptors (Lipinski definition) is 3. The van der Waals surface area contributed by atoms with Gasteiger partial charge >= 0.3 is 0 Å². The SMILES string of the molecule is Oc1cccc(N[C@@H]2CCC[C@H]2O)c1. The number of aliphatic hydroxyl groups is 1. The lowest BCUT2D eigenvalue weighted by Crippen LogP contribution is -2.27. The van der Waals surface area contributed by atoms with E-state index in [1.807, 2.05) is 6.07 Å². The second-order valence-electron chi connectivity index (χ2n) is 3.80. The minimum Gasteiger partial charge on any atom is -0.508 e. The van der Waals surface area contributed by atoms with E-state index in [1.165, 1.54) is 0 Å². The molecule has 0 aromatic heterocycles. The van der Waals surface area contributed by atoms with Crippen LogP contribution in [0.15, 0.2) is 24.3 Å². The molecule has 0 aliphatic heterocycles. The van der Waals surface area contributed by atoms with Crippen LogP contribution in [0.25, 0.3) is 0 Å². The van der Waals surface area contributed by atoms with Crippen molar-refractivity contribution in [1.82, 2.24) is 0 Å². The van der Waals surface area contributed by atoms with Gasteiger partial charge in [0.15, 0.2) is 0 Å². The Morgan fingerprint density at radius 1 is 1.29 bits per heavy atom. The molecule has 0 amide bonds. The molecule has 0 bridgehead atoms. The molecule has 1 aromatic rings. The Morgan fingerprint density at radius 3 is 2.79 bits per heavy atom. The zero-order valence-corrected chi connectivity index (χ0v) is 7.98. The summed E-state index contributed by atoms with van der Waals surface area (Å²) >= 11 is 0. The third kappa shape index (κ3) is 1.99. The van der Waals surface area contributed by atoms with Gasteiger partial charge in [-0.15, -0.1) is 0 Å². The maximum absolute atomic E-state index is 9.59. The highest BCUT2D eigenvalue weighted by Gasteiger charge is 2.24. The summed E-state index contributed by atoms with van der Waals surface area (Å²) < 4.78 is 0. The van der Waals surface area contributed by atoms with Gasteiger partial charge in [0.1, 0.15) is 5.75 Å². The van der Waals surface area contributed by atoms with E-state index in [-0.39, 0.29) is 17.9 Å². The molecular weight excluding hydrogens is 178 g/mol. The average molecular weight is 193 g/mol. The van der Waals surface area contributed by atoms with Gasteiger partial charge in [-0.05, 0) is 31.4 Å². The third-order valence-electron chi connectivity index (χ3n) is 2.68. The van der Waals surface area contributed by atoms with Crippen molar-refractivity contribution < 1.29 is 10.2 Å². The molecule has 0 unspecified atom stereocenters. The molecule has 76 valence electrons. The molecule has 1 saturated carbocycles. The number of phenols is 1. The van der Waals surface area contributed by atoms with E-state index >= 15 is 0 Å². The molecule has 1 fully saturated rings. The predicted octanol–water partition coefficient (Wildman–Crippen LogP) is 1.72. The summed E-state index contributed by atoms with van der Waals surface area (Å²) in [5.74, 6) is 0.252. The van der Waals surface area contributed by atoms with Gasteiger partial charge < -0.3 is 15.5 Å². The van der Waals surface area contributed by atoms with Crippen molar-refractivity contribution in [2.75, 3.05) is 5.32 Å². The Bertz CT molecular complexity index is 314. The lowest BCUT2D eigenvalue weighted by molar-refractivity contribution is 0.172. The maximum Gasteiger partial charge on any atom is 0.117 e. The van der Waals surface area contributed by atoms with Crippen molar-refractivity contribution in [3.05, 3.63) is 24.3 Å². The first-order valence-corrected chi connectivity index (χ1v) is 4.99. The minimum absolute atomic E-state index is 0.136. The molecule has 1 aliphatic carbocycles. The molecule has 14 heavy (non-hydrogen) atoms. The number of anilines is 1. The normalized spacial score (nSPS) is 26.4. The fourth-order valence-electron chi connectivity index (χ4n) is 1.92. The topological polar surface area (TPSA) is 52.5 Å². The lowest BCUT2D eigenvalue weighted by Gasteiger charge is -2.17. The van der Waals surface area contributed by atoms with Crippen molar-refractivity contribution in [1.29, 1.82) is 0 Å². The van der Waals surface area contributed by atoms with Gasteiger partial charge in [0, 0.05) is 11.8 Å². The summed E-state index contributed by atoms with van der Waals surface area (Å²) in [6.45, 7) is 0. The van der Waals surface area contributed by atoms with E-state index in [0.717, 1.165) is 24.9 Å². The van der Waals surface area contributed by atoms with Crippen molar-refractivity contribution in [2.45, 2.75) is 31.4 Å². The predicted molar refractivity (Wildman–Crippen MR) is 55.4 cm³/mol. The number of aliphatic hydroxyl groups excluding tert-OH is 1. The van der Waals surface area contributed by atoms with Gasteiger partial charge in [0.25, 0.3) is 0 Å². The van der Waals surface area contributed by atoms with E-state index in [0.29, 0.717) is 0 Å². The van der Waals surface area contributed by atoms with E-state index in [9.17, 15) is 10.2 Å². The molecule has 3 nitrogen and oxygen atoms in total. The van der Waals surface area contributed by atoms with Crippen LogP contribution >= 0.6 is 0 Å². The van der Waals surface area contributed by atoms with Gasteiger partial charge in [-0.2, -0.15) is 0 Å². The number of benzene rings is 1. The molecule has 2 atom stereocenters. The molecular formula is C11H15NO2. The van der Waals surface area contributed by atoms with Gasteiger partial charge in [0.05, 0.1) is 12.1 Å². The van der Waals surface area contributed by atoms with Crippen LogP contribution in [-0.2, 0) is 0 Å². The van der Waals surface area contributed by atoms with Gasteiger partial charge in [0.2, 0.25) is 0 Å². The fourth-order valence-corrected chi connectivity index (χ4v) is 1.92. The van der Waals surface area contributed by atoms with Gasteiger partial charge in [-0.3, -0.25) is 0 Å². The fraction of sp³-hybridized carbons (Fsp3) is 0.455. The second-order valence-corrected chi connectivity index (χ2v) is 3.80. The molecule has 0 radical (unpaired) electrons. The average Bonchev–Trinajstić information content (AvgIpc) is 2.52. The van der Waals surface area contributed by atoms with Crippen LogP contribution in [0.1, 0.15) is 19.3 Å². The number of nitrogens with one attached hydrogen (secondary N) is 1. The Hall–Kier alpha value is -1.22. The zero-order chi connectivity index (χ0) is 9.97. The summed E-state index contributed by atoms with van der Waals surface area (Å²) in [7, 11) is 0. The van der Waals surface area contributed by atoms with Crippen LogP contribution in [0.4, 0.5) is 5.69 Å². The molecule has 0 saturated heterocycles. The van der Waals surface area contributed by atoms with Crippen molar-refractivity contribution >= 4 is 5.69 Å². The van der Waals surface area contributed by atoms with Crippen LogP contribution in [0.5, 0.6) is 5.75 Å². The molecule has 0 heterocycles. The first-order valence-electron chi connectivity index (χ1n) is 4.99. The van der Waals surface area contributed by atoms with Crippen molar-refractivity contribution in [3.63, 3.8) is 0 Å². The smallest absolute Gasteiger partial charge is 0.117 e. The van der Waals surface area contributed by atoms with E-state index in [2.05, 4.69) is 5.32 Å². The quantitative estimate of drug-likeness (QED) is 0.670. The first-order chi connectivity index (χ1) is 6.75. The molecule has 1 aliphatic rings. The molecule has 2 rings (SSSR count). The van der Waals surface area contributed by atoms with Gasteiger partial charge in [-0.1, -0.05) is 6.07 Å². The summed E-state index contributed by atoms with van der Waals surface area (Å²) in [6, 6.07) is 7.13.